The number of carbonyl (C=O) groups is 4. The van der Waals surface area contributed by atoms with Crippen LogP contribution in [0, 0.1) is 65.1 Å². The molecule has 4 bridgehead atoms. The topological polar surface area (TPSA) is 190 Å². The standard InChI is InChI=1S/C28H20F2I2O5.C27H24F6O7.C22H17F2IO4/c1-17-3-9-20(10-4-17)34-24-15-23(37-27(33)28(2,29)30)16-25(35-21-11-5-18(31)6-12-21)26(24)36-22-13-7-19(32)8-14-22;1-25(32,33)23(35)37-12-26-7-13-6-14(8-26)10-27(9-13,11-26)40-24(36)39-16-4-2-15(3-5-16)38-22-19(30)17(28)21(34)18(29)20(22)31;1-14-3-7-16(8-4-14)27-18-11-19(28-17-9-5-15(25)6-10-17)13-20(12-18)29-21(26)22(2,23)24/h3-16H,1-2H3;2-5,13-14,34H,6-12H2,1H3;3-13H,1-2H3. The Morgan fingerprint density at radius 3 is 1.16 bits per heavy atom. The number of hydrogen-bond acceptors (Lipinski definition) is 16. The van der Waals surface area contributed by atoms with Crippen LogP contribution in [-0.2, 0) is 23.9 Å². The molecule has 0 radical (unpaired) electrons. The molecule has 556 valence electrons. The van der Waals surface area contributed by atoms with Gasteiger partial charge < -0.3 is 57.2 Å². The summed E-state index contributed by atoms with van der Waals surface area (Å²) in [5.74, 6) is -23.9. The van der Waals surface area contributed by atoms with Gasteiger partial charge in [-0.1, -0.05) is 35.4 Å². The molecule has 4 saturated carbocycles. The van der Waals surface area contributed by atoms with Gasteiger partial charge in [-0.2, -0.15) is 43.9 Å². The van der Waals surface area contributed by atoms with Crippen LogP contribution in [0.4, 0.5) is 48.7 Å². The number of carbonyl (C=O) groups excluding carboxylic acids is 4. The van der Waals surface area contributed by atoms with Crippen LogP contribution in [0.5, 0.6) is 92.0 Å². The maximum absolute atomic E-state index is 14.0. The summed E-state index contributed by atoms with van der Waals surface area (Å²) in [6.07, 6.45) is 2.64. The quantitative estimate of drug-likeness (QED) is 0.0178. The molecule has 0 aliphatic heterocycles. The Hall–Kier alpha value is -9.25. The van der Waals surface area contributed by atoms with Crippen molar-refractivity contribution in [1.29, 1.82) is 0 Å². The molecule has 0 aromatic heterocycles. The Morgan fingerprint density at radius 1 is 0.415 bits per heavy atom. The van der Waals surface area contributed by atoms with Gasteiger partial charge in [0, 0.05) is 67.2 Å². The van der Waals surface area contributed by atoms with Crippen molar-refractivity contribution in [3.8, 4) is 92.0 Å². The maximum Gasteiger partial charge on any atom is 0.514 e. The summed E-state index contributed by atoms with van der Waals surface area (Å²) in [7, 11) is 0. The fourth-order valence-electron chi connectivity index (χ4n) is 12.0. The van der Waals surface area contributed by atoms with Crippen LogP contribution in [0.25, 0.3) is 0 Å². The van der Waals surface area contributed by atoms with E-state index in [2.05, 4.69) is 67.8 Å². The van der Waals surface area contributed by atoms with Gasteiger partial charge in [-0.05, 0) is 253 Å². The lowest BCUT2D eigenvalue weighted by molar-refractivity contribution is -0.199. The summed E-state index contributed by atoms with van der Waals surface area (Å²) < 4.78 is 199. The Balaban J connectivity index is 0.000000172. The molecule has 16 nitrogen and oxygen atoms in total. The second-order valence-electron chi connectivity index (χ2n) is 25.5. The van der Waals surface area contributed by atoms with Gasteiger partial charge in [-0.3, -0.25) is 0 Å². The zero-order valence-corrected chi connectivity index (χ0v) is 62.8. The minimum absolute atomic E-state index is 0.0418. The molecule has 0 saturated heterocycles. The third-order valence-electron chi connectivity index (χ3n) is 16.4. The first-order chi connectivity index (χ1) is 49.9. The number of phenolic OH excluding ortho intramolecular Hbond substituents is 1. The highest BCUT2D eigenvalue weighted by Crippen LogP contribution is 2.63. The number of benzene rings is 9. The summed E-state index contributed by atoms with van der Waals surface area (Å²) in [5, 5.41) is 9.07. The molecule has 4 aliphatic rings. The first kappa shape index (κ1) is 79.3. The molecule has 0 heterocycles. The number of aromatic hydroxyl groups is 1. The zero-order chi connectivity index (χ0) is 76.6. The van der Waals surface area contributed by atoms with E-state index in [1.54, 1.807) is 66.7 Å². The zero-order valence-electron chi connectivity index (χ0n) is 56.3. The van der Waals surface area contributed by atoms with Crippen LogP contribution in [0.15, 0.2) is 176 Å². The minimum Gasteiger partial charge on any atom is -0.503 e. The molecular weight excluding hydrogens is 1750 g/mol. The maximum atomic E-state index is 14.0. The molecular formula is C77H61F10I3O16. The normalized spacial score (nSPS) is 17.0. The Kier molecular flexibility index (Phi) is 24.9. The fourth-order valence-corrected chi connectivity index (χ4v) is 13.1. The number of aryl methyl sites for hydroxylation is 2. The Labute approximate surface area is 640 Å². The summed E-state index contributed by atoms with van der Waals surface area (Å²) >= 11 is 6.52. The monoisotopic (exact) mass is 1810 g/mol. The molecule has 0 amide bonds. The SMILES string of the molecule is CC(F)(F)C(=O)OCC12CC3CC(C1)CC(OC(=O)Oc1ccc(Oc4c(F)c(F)c(O)c(F)c4F)cc1)(C3)C2.Cc1ccc(Oc2cc(OC(=O)C(C)(F)F)cc(Oc3ccc(I)cc3)c2)cc1.Cc1ccc(Oc2cc(OC(=O)C(C)(F)F)cc(Oc3ccc(I)cc3)c2Oc2ccc(I)cc2)cc1. The van der Waals surface area contributed by atoms with Gasteiger partial charge in [-0.15, -0.1) is 0 Å². The number of esters is 3. The van der Waals surface area contributed by atoms with Crippen molar-refractivity contribution in [2.75, 3.05) is 6.61 Å². The van der Waals surface area contributed by atoms with Gasteiger partial charge in [0.25, 0.3) is 0 Å². The van der Waals surface area contributed by atoms with Gasteiger partial charge in [0.05, 0.1) is 6.61 Å². The second kappa shape index (κ2) is 33.3. The lowest BCUT2D eigenvalue weighted by Gasteiger charge is -2.60. The fraction of sp³-hybridized carbons (Fsp3) is 0.247. The number of phenols is 1. The van der Waals surface area contributed by atoms with Crippen LogP contribution >= 0.6 is 67.8 Å². The van der Waals surface area contributed by atoms with Crippen LogP contribution < -0.4 is 42.6 Å². The van der Waals surface area contributed by atoms with E-state index < -0.39 is 87.6 Å². The first-order valence-corrected chi connectivity index (χ1v) is 35.3. The summed E-state index contributed by atoms with van der Waals surface area (Å²) in [6, 6.07) is 47.8. The van der Waals surface area contributed by atoms with Gasteiger partial charge >= 0.3 is 41.8 Å². The number of halogens is 13. The van der Waals surface area contributed by atoms with Crippen LogP contribution in [-0.4, -0.2) is 59.1 Å². The van der Waals surface area contributed by atoms with Crippen LogP contribution in [0.3, 0.4) is 0 Å². The predicted molar refractivity (Wildman–Crippen MR) is 389 cm³/mol. The average molecular weight is 1810 g/mol. The van der Waals surface area contributed by atoms with Crippen molar-refractivity contribution in [1.82, 2.24) is 0 Å². The highest BCUT2D eigenvalue weighted by atomic mass is 127. The lowest BCUT2D eigenvalue weighted by atomic mass is 9.48. The molecule has 9 aromatic carbocycles. The summed E-state index contributed by atoms with van der Waals surface area (Å²) in [4.78, 5) is 47.9. The van der Waals surface area contributed by atoms with E-state index >= 15 is 0 Å². The number of rotatable bonds is 21. The highest BCUT2D eigenvalue weighted by Gasteiger charge is 2.60. The smallest absolute Gasteiger partial charge is 0.503 e. The molecule has 29 heteroatoms. The van der Waals surface area contributed by atoms with E-state index in [0.29, 0.717) is 81.6 Å². The molecule has 9 aromatic rings. The van der Waals surface area contributed by atoms with Crippen molar-refractivity contribution in [2.45, 2.75) is 96.5 Å². The van der Waals surface area contributed by atoms with Crippen LogP contribution in [0.2, 0.25) is 0 Å². The van der Waals surface area contributed by atoms with E-state index in [4.69, 9.17) is 57.2 Å². The van der Waals surface area contributed by atoms with Crippen molar-refractivity contribution in [2.24, 2.45) is 17.3 Å². The van der Waals surface area contributed by atoms with Gasteiger partial charge in [0.2, 0.25) is 34.8 Å². The predicted octanol–water partition coefficient (Wildman–Crippen LogP) is 22.7. The van der Waals surface area contributed by atoms with E-state index in [-0.39, 0.29) is 70.2 Å². The van der Waals surface area contributed by atoms with Crippen molar-refractivity contribution in [3.05, 3.63) is 221 Å². The number of ether oxygens (including phenoxy) is 11. The van der Waals surface area contributed by atoms with Crippen molar-refractivity contribution >= 4 is 91.8 Å². The van der Waals surface area contributed by atoms with E-state index in [0.717, 1.165) is 40.4 Å². The third-order valence-corrected chi connectivity index (χ3v) is 18.5. The van der Waals surface area contributed by atoms with Gasteiger partial charge in [0.1, 0.15) is 68.8 Å². The first-order valence-electron chi connectivity index (χ1n) is 32.1. The molecule has 0 spiro atoms. The largest absolute Gasteiger partial charge is 0.514 e. The highest BCUT2D eigenvalue weighted by molar-refractivity contribution is 14.1. The van der Waals surface area contributed by atoms with Gasteiger partial charge in [0.15, 0.2) is 17.2 Å². The van der Waals surface area contributed by atoms with Crippen LogP contribution in [0.1, 0.15) is 70.4 Å². The molecule has 1 N–H and O–H groups in total. The molecule has 2 unspecified atom stereocenters. The molecule has 4 fully saturated rings. The number of alkyl halides is 6. The minimum atomic E-state index is -3.69. The third kappa shape index (κ3) is 21.3. The molecule has 106 heavy (non-hydrogen) atoms. The summed E-state index contributed by atoms with van der Waals surface area (Å²) in [5.41, 5.74) is 0.598. The van der Waals surface area contributed by atoms with Crippen molar-refractivity contribution < 1.29 is 120 Å². The molecule has 2 atom stereocenters. The average Bonchev–Trinajstić information content (AvgIpc) is 0.722. The van der Waals surface area contributed by atoms with E-state index in [1.165, 1.54) is 36.4 Å². The second-order valence-corrected chi connectivity index (χ2v) is 29.2. The Bertz CT molecular complexity index is 4480. The van der Waals surface area contributed by atoms with Crippen molar-refractivity contribution in [3.63, 3.8) is 0 Å². The number of hydrogen-bond donors (Lipinski definition) is 1. The van der Waals surface area contributed by atoms with E-state index in [1.807, 2.05) is 74.5 Å². The lowest BCUT2D eigenvalue weighted by Crippen LogP contribution is -2.59. The molecule has 4 aliphatic carbocycles. The molecule has 13 rings (SSSR count). The van der Waals surface area contributed by atoms with E-state index in [9.17, 15) is 63.1 Å². The van der Waals surface area contributed by atoms with Gasteiger partial charge in [-0.25, -0.2) is 19.2 Å². The summed E-state index contributed by atoms with van der Waals surface area (Å²) in [6.45, 7) is 5.11. The Morgan fingerprint density at radius 2 is 0.755 bits per heavy atom.